The van der Waals surface area contributed by atoms with Gasteiger partial charge < -0.3 is 19.3 Å². The van der Waals surface area contributed by atoms with Crippen LogP contribution in [0.15, 0.2) is 66.0 Å². The summed E-state index contributed by atoms with van der Waals surface area (Å²) in [5.74, 6) is 0.464. The van der Waals surface area contributed by atoms with E-state index in [1.807, 2.05) is 23.1 Å². The fourth-order valence-electron chi connectivity index (χ4n) is 4.40. The minimum atomic E-state index is -0.170. The van der Waals surface area contributed by atoms with Crippen LogP contribution in [0.2, 0.25) is 0 Å². The highest BCUT2D eigenvalue weighted by Gasteiger charge is 2.34. The Labute approximate surface area is 204 Å². The van der Waals surface area contributed by atoms with Crippen molar-refractivity contribution in [3.8, 4) is 5.75 Å². The first kappa shape index (κ1) is 24.0. The summed E-state index contributed by atoms with van der Waals surface area (Å²) in [5, 5.41) is 2.10. The van der Waals surface area contributed by atoms with Crippen molar-refractivity contribution in [2.45, 2.75) is 18.9 Å². The lowest BCUT2D eigenvalue weighted by atomic mass is 9.93. The van der Waals surface area contributed by atoms with E-state index in [0.29, 0.717) is 37.4 Å². The molecule has 1 atom stereocenters. The Bertz CT molecular complexity index is 1100. The fraction of sp³-hybridized carbons (Fsp3) is 0.333. The predicted molar refractivity (Wildman–Crippen MR) is 133 cm³/mol. The summed E-state index contributed by atoms with van der Waals surface area (Å²) in [4.78, 5) is 31.9. The molecule has 0 fully saturated rings. The summed E-state index contributed by atoms with van der Waals surface area (Å²) < 4.78 is 10.4. The average molecular weight is 479 g/mol. The van der Waals surface area contributed by atoms with Crippen LogP contribution >= 0.6 is 11.3 Å². The van der Waals surface area contributed by atoms with E-state index < -0.39 is 0 Å². The number of hydrogen-bond donors (Lipinski definition) is 0. The molecule has 2 aromatic carbocycles. The fourth-order valence-corrected chi connectivity index (χ4v) is 5.31. The Hall–Kier alpha value is -3.16. The Morgan fingerprint density at radius 3 is 2.53 bits per heavy atom. The third-order valence-corrected chi connectivity index (χ3v) is 7.12. The number of fused-ring (bicyclic) bond motifs is 1. The van der Waals surface area contributed by atoms with E-state index in [0.717, 1.165) is 12.0 Å². The van der Waals surface area contributed by atoms with Crippen molar-refractivity contribution in [3.63, 3.8) is 0 Å². The van der Waals surface area contributed by atoms with Crippen molar-refractivity contribution in [1.29, 1.82) is 0 Å². The summed E-state index contributed by atoms with van der Waals surface area (Å²) in [6.45, 7) is 1.62. The van der Waals surface area contributed by atoms with Crippen LogP contribution in [0, 0.1) is 0 Å². The summed E-state index contributed by atoms with van der Waals surface area (Å²) in [5.41, 5.74) is 2.80. The number of nitrogens with zero attached hydrogens (tertiary/aromatic N) is 2. The molecule has 0 saturated carbocycles. The SMILES string of the molecule is COCCCN(CC(=O)N1CCc2sccc2C1c1ccccc1)C(=O)c1ccc(OC)cc1. The highest BCUT2D eigenvalue weighted by atomic mass is 32.1. The van der Waals surface area contributed by atoms with Crippen LogP contribution in [0.5, 0.6) is 5.75 Å². The first-order chi connectivity index (χ1) is 16.6. The van der Waals surface area contributed by atoms with Crippen LogP contribution in [0.4, 0.5) is 0 Å². The molecule has 2 amide bonds. The summed E-state index contributed by atoms with van der Waals surface area (Å²) in [7, 11) is 3.23. The topological polar surface area (TPSA) is 59.1 Å². The summed E-state index contributed by atoms with van der Waals surface area (Å²) in [6, 6.07) is 19.1. The van der Waals surface area contributed by atoms with Gasteiger partial charge in [-0.25, -0.2) is 0 Å². The number of ether oxygens (including phenoxy) is 2. The highest BCUT2D eigenvalue weighted by Crippen LogP contribution is 2.37. The minimum Gasteiger partial charge on any atom is -0.497 e. The van der Waals surface area contributed by atoms with Gasteiger partial charge >= 0.3 is 0 Å². The average Bonchev–Trinajstić information content (AvgIpc) is 3.36. The number of carbonyl (C=O) groups is 2. The van der Waals surface area contributed by atoms with Gasteiger partial charge in [0.2, 0.25) is 5.91 Å². The third-order valence-electron chi connectivity index (χ3n) is 6.13. The second kappa shape index (κ2) is 11.3. The number of methoxy groups -OCH3 is 2. The van der Waals surface area contributed by atoms with Crippen molar-refractivity contribution in [2.24, 2.45) is 0 Å². The zero-order valence-corrected chi connectivity index (χ0v) is 20.4. The maximum Gasteiger partial charge on any atom is 0.254 e. The molecule has 0 saturated heterocycles. The maximum atomic E-state index is 13.7. The molecule has 7 heteroatoms. The predicted octanol–water partition coefficient (Wildman–Crippen LogP) is 4.41. The molecule has 2 heterocycles. The molecule has 1 aromatic heterocycles. The monoisotopic (exact) mass is 478 g/mol. The number of rotatable bonds is 9. The van der Waals surface area contributed by atoms with Crippen LogP contribution in [-0.4, -0.2) is 62.1 Å². The van der Waals surface area contributed by atoms with Gasteiger partial charge in [0.1, 0.15) is 12.3 Å². The zero-order chi connectivity index (χ0) is 23.9. The van der Waals surface area contributed by atoms with Crippen LogP contribution < -0.4 is 4.74 Å². The number of hydrogen-bond acceptors (Lipinski definition) is 5. The minimum absolute atomic E-state index is 0.0252. The van der Waals surface area contributed by atoms with Gasteiger partial charge in [-0.05, 0) is 59.7 Å². The molecular formula is C27H30N2O4S. The largest absolute Gasteiger partial charge is 0.497 e. The molecule has 0 spiro atoms. The van der Waals surface area contributed by atoms with E-state index in [1.165, 1.54) is 10.4 Å². The van der Waals surface area contributed by atoms with Crippen molar-refractivity contribution in [3.05, 3.63) is 87.6 Å². The molecule has 0 radical (unpaired) electrons. The van der Waals surface area contributed by atoms with Crippen LogP contribution in [-0.2, 0) is 16.0 Å². The van der Waals surface area contributed by atoms with Gasteiger partial charge in [0.05, 0.1) is 13.2 Å². The lowest BCUT2D eigenvalue weighted by molar-refractivity contribution is -0.134. The molecule has 0 bridgehead atoms. The zero-order valence-electron chi connectivity index (χ0n) is 19.6. The second-order valence-electron chi connectivity index (χ2n) is 8.25. The lowest BCUT2D eigenvalue weighted by Crippen LogP contribution is -2.47. The molecule has 1 aliphatic rings. The highest BCUT2D eigenvalue weighted by molar-refractivity contribution is 7.10. The Morgan fingerprint density at radius 1 is 1.06 bits per heavy atom. The number of benzene rings is 2. The van der Waals surface area contributed by atoms with Crippen LogP contribution in [0.3, 0.4) is 0 Å². The smallest absolute Gasteiger partial charge is 0.254 e. The third kappa shape index (κ3) is 5.32. The van der Waals surface area contributed by atoms with Crippen molar-refractivity contribution < 1.29 is 19.1 Å². The van der Waals surface area contributed by atoms with Gasteiger partial charge in [-0.1, -0.05) is 30.3 Å². The maximum absolute atomic E-state index is 13.7. The van der Waals surface area contributed by atoms with Gasteiger partial charge in [0.25, 0.3) is 5.91 Å². The van der Waals surface area contributed by atoms with Gasteiger partial charge in [-0.3, -0.25) is 9.59 Å². The molecule has 0 N–H and O–H groups in total. The normalized spacial score (nSPS) is 15.0. The number of carbonyl (C=O) groups excluding carboxylic acids is 2. The molecule has 34 heavy (non-hydrogen) atoms. The molecule has 178 valence electrons. The van der Waals surface area contributed by atoms with E-state index in [1.54, 1.807) is 54.7 Å². The molecule has 0 aliphatic carbocycles. The van der Waals surface area contributed by atoms with Gasteiger partial charge in [0.15, 0.2) is 0 Å². The quantitative estimate of drug-likeness (QED) is 0.428. The number of thiophene rings is 1. The van der Waals surface area contributed by atoms with E-state index in [9.17, 15) is 9.59 Å². The van der Waals surface area contributed by atoms with Crippen molar-refractivity contribution in [1.82, 2.24) is 9.80 Å². The van der Waals surface area contributed by atoms with Gasteiger partial charge in [-0.15, -0.1) is 11.3 Å². The molecule has 6 nitrogen and oxygen atoms in total. The van der Waals surface area contributed by atoms with Gasteiger partial charge in [-0.2, -0.15) is 0 Å². The van der Waals surface area contributed by atoms with E-state index in [-0.39, 0.29) is 24.4 Å². The number of amides is 2. The van der Waals surface area contributed by atoms with E-state index in [2.05, 4.69) is 23.6 Å². The van der Waals surface area contributed by atoms with Crippen LogP contribution in [0.25, 0.3) is 0 Å². The molecule has 4 rings (SSSR count). The van der Waals surface area contributed by atoms with Crippen molar-refractivity contribution >= 4 is 23.2 Å². The molecule has 1 aliphatic heterocycles. The van der Waals surface area contributed by atoms with Crippen LogP contribution in [0.1, 0.15) is 38.8 Å². The van der Waals surface area contributed by atoms with Gasteiger partial charge in [0, 0.05) is 37.2 Å². The molecular weight excluding hydrogens is 448 g/mol. The Morgan fingerprint density at radius 2 is 1.82 bits per heavy atom. The van der Waals surface area contributed by atoms with E-state index in [4.69, 9.17) is 9.47 Å². The Kier molecular flexibility index (Phi) is 7.98. The first-order valence-corrected chi connectivity index (χ1v) is 12.3. The summed E-state index contributed by atoms with van der Waals surface area (Å²) in [6.07, 6.45) is 1.49. The summed E-state index contributed by atoms with van der Waals surface area (Å²) >= 11 is 1.74. The standard InChI is InChI=1S/C27H30N2O4S/c1-32-17-6-15-28(27(31)21-9-11-22(33-2)12-10-21)19-25(30)29-16-13-24-23(14-18-34-24)26(29)20-7-4-3-5-8-20/h3-5,7-12,14,18,26H,6,13,15-17,19H2,1-2H3. The van der Waals surface area contributed by atoms with E-state index >= 15 is 0 Å². The second-order valence-corrected chi connectivity index (χ2v) is 9.25. The lowest BCUT2D eigenvalue weighted by Gasteiger charge is -2.37. The molecule has 3 aromatic rings. The molecule has 1 unspecified atom stereocenters. The Balaban J connectivity index is 1.57. The van der Waals surface area contributed by atoms with Crippen molar-refractivity contribution in [2.75, 3.05) is 40.5 Å². The first-order valence-electron chi connectivity index (χ1n) is 11.4.